The highest BCUT2D eigenvalue weighted by molar-refractivity contribution is 7.96. The Morgan fingerprint density at radius 3 is 2.45 bits per heavy atom. The number of piperidine rings is 1. The van der Waals surface area contributed by atoms with Crippen molar-refractivity contribution >= 4 is 17.9 Å². The first-order chi connectivity index (χ1) is 5.24. The first-order valence-electron chi connectivity index (χ1n) is 3.82. The summed E-state index contributed by atoms with van der Waals surface area (Å²) in [4.78, 5) is 12.4. The number of aliphatic hydroxyl groups is 1. The lowest BCUT2D eigenvalue weighted by Gasteiger charge is -2.29. The van der Waals surface area contributed by atoms with E-state index in [0.717, 1.165) is 25.9 Å². The summed E-state index contributed by atoms with van der Waals surface area (Å²) in [6.45, 7) is 1.73. The molecule has 1 heterocycles. The maximum Gasteiger partial charge on any atom is 0.278 e. The van der Waals surface area contributed by atoms with Gasteiger partial charge in [-0.25, -0.2) is 0 Å². The Bertz CT molecular complexity index is 143. The smallest absolute Gasteiger partial charge is 0.278 e. The van der Waals surface area contributed by atoms with E-state index in [4.69, 9.17) is 5.11 Å². The number of aliphatic hydroxyl groups excluding tert-OH is 1. The Morgan fingerprint density at radius 2 is 2.09 bits per heavy atom. The number of carbonyl (C=O) groups is 1. The van der Waals surface area contributed by atoms with Crippen LogP contribution < -0.4 is 0 Å². The van der Waals surface area contributed by atoms with E-state index in [-0.39, 0.29) is 11.8 Å². The molecule has 0 bridgehead atoms. The summed E-state index contributed by atoms with van der Waals surface area (Å²) in [6.07, 6.45) is 1.81. The molecule has 0 radical (unpaired) electrons. The standard InChI is InChI=1S/C7H13NO2S/c9-5-6-1-3-8(4-2-6)7(10)11/h6,9H,1-5H2,(H,10,11). The summed E-state index contributed by atoms with van der Waals surface area (Å²) in [7, 11) is 0. The third-order valence-corrected chi connectivity index (χ3v) is 2.43. The molecule has 4 heteroatoms. The second-order valence-electron chi connectivity index (χ2n) is 2.90. The van der Waals surface area contributed by atoms with Crippen molar-refractivity contribution in [2.24, 2.45) is 5.92 Å². The van der Waals surface area contributed by atoms with Crippen LogP contribution in [0.15, 0.2) is 0 Å². The minimum absolute atomic E-state index is 0.151. The number of likely N-dealkylation sites (tertiary alicyclic amines) is 1. The Morgan fingerprint density at radius 1 is 1.55 bits per heavy atom. The lowest BCUT2D eigenvalue weighted by molar-refractivity contribution is 0.149. The van der Waals surface area contributed by atoms with Gasteiger partial charge in [0.2, 0.25) is 0 Å². The van der Waals surface area contributed by atoms with E-state index >= 15 is 0 Å². The Hall–Kier alpha value is -0.220. The molecular formula is C7H13NO2S. The molecule has 1 rings (SSSR count). The molecule has 3 nitrogen and oxygen atoms in total. The number of hydrogen-bond acceptors (Lipinski definition) is 2. The van der Waals surface area contributed by atoms with Gasteiger partial charge in [0.1, 0.15) is 0 Å². The van der Waals surface area contributed by atoms with Crippen LogP contribution in [-0.4, -0.2) is 34.9 Å². The van der Waals surface area contributed by atoms with Gasteiger partial charge in [-0.15, -0.1) is 0 Å². The van der Waals surface area contributed by atoms with Crippen LogP contribution >= 0.6 is 12.6 Å². The minimum atomic E-state index is -0.151. The van der Waals surface area contributed by atoms with E-state index in [2.05, 4.69) is 12.6 Å². The lowest BCUT2D eigenvalue weighted by Crippen LogP contribution is -2.36. The quantitative estimate of drug-likeness (QED) is 0.577. The molecule has 0 aliphatic carbocycles. The van der Waals surface area contributed by atoms with E-state index in [0.29, 0.717) is 5.92 Å². The predicted molar refractivity (Wildman–Crippen MR) is 45.8 cm³/mol. The van der Waals surface area contributed by atoms with Crippen LogP contribution in [0.3, 0.4) is 0 Å². The van der Waals surface area contributed by atoms with Crippen LogP contribution in [0, 0.1) is 5.92 Å². The van der Waals surface area contributed by atoms with Crippen LogP contribution in [0.1, 0.15) is 12.8 Å². The Balaban J connectivity index is 2.30. The monoisotopic (exact) mass is 175 g/mol. The molecule has 0 atom stereocenters. The van der Waals surface area contributed by atoms with Crippen molar-refractivity contribution < 1.29 is 9.90 Å². The van der Waals surface area contributed by atoms with E-state index in [1.807, 2.05) is 0 Å². The molecule has 1 saturated heterocycles. The average molecular weight is 175 g/mol. The molecule has 1 aliphatic heterocycles. The fourth-order valence-corrected chi connectivity index (χ4v) is 1.51. The molecule has 0 saturated carbocycles. The topological polar surface area (TPSA) is 40.5 Å². The molecule has 0 aromatic rings. The molecule has 1 fully saturated rings. The molecule has 11 heavy (non-hydrogen) atoms. The number of rotatable bonds is 1. The zero-order valence-corrected chi connectivity index (χ0v) is 7.26. The van der Waals surface area contributed by atoms with E-state index in [1.54, 1.807) is 4.90 Å². The summed E-state index contributed by atoms with van der Waals surface area (Å²) in [5.41, 5.74) is 0. The van der Waals surface area contributed by atoms with Crippen LogP contribution in [-0.2, 0) is 0 Å². The van der Waals surface area contributed by atoms with Gasteiger partial charge in [-0.3, -0.25) is 4.79 Å². The third kappa shape index (κ3) is 2.38. The third-order valence-electron chi connectivity index (χ3n) is 2.14. The van der Waals surface area contributed by atoms with Gasteiger partial charge in [-0.05, 0) is 18.8 Å². The van der Waals surface area contributed by atoms with Crippen LogP contribution in [0.2, 0.25) is 0 Å². The first-order valence-corrected chi connectivity index (χ1v) is 4.27. The van der Waals surface area contributed by atoms with E-state index in [1.165, 1.54) is 0 Å². The molecule has 64 valence electrons. The van der Waals surface area contributed by atoms with Crippen LogP contribution in [0.4, 0.5) is 4.79 Å². The fraction of sp³-hybridized carbons (Fsp3) is 0.857. The number of thiol groups is 1. The Labute approximate surface area is 71.8 Å². The maximum atomic E-state index is 10.7. The second-order valence-corrected chi connectivity index (χ2v) is 3.28. The van der Waals surface area contributed by atoms with Crippen molar-refractivity contribution in [3.8, 4) is 0 Å². The largest absolute Gasteiger partial charge is 0.396 e. The molecule has 1 amide bonds. The van der Waals surface area contributed by atoms with Gasteiger partial charge in [0.05, 0.1) is 0 Å². The zero-order chi connectivity index (χ0) is 8.27. The zero-order valence-electron chi connectivity index (χ0n) is 6.36. The number of hydrogen-bond donors (Lipinski definition) is 2. The van der Waals surface area contributed by atoms with Crippen molar-refractivity contribution in [2.75, 3.05) is 19.7 Å². The summed E-state index contributed by atoms with van der Waals surface area (Å²) < 4.78 is 0. The van der Waals surface area contributed by atoms with Gasteiger partial charge in [0.15, 0.2) is 0 Å². The van der Waals surface area contributed by atoms with Gasteiger partial charge in [0.25, 0.3) is 5.24 Å². The molecule has 0 unspecified atom stereocenters. The summed E-state index contributed by atoms with van der Waals surface area (Å²) >= 11 is 3.72. The lowest BCUT2D eigenvalue weighted by atomic mass is 9.98. The van der Waals surface area contributed by atoms with Crippen molar-refractivity contribution in [2.45, 2.75) is 12.8 Å². The van der Waals surface area contributed by atoms with Crippen molar-refractivity contribution in [3.05, 3.63) is 0 Å². The summed E-state index contributed by atoms with van der Waals surface area (Å²) in [6, 6.07) is 0. The summed E-state index contributed by atoms with van der Waals surface area (Å²) in [5, 5.41) is 8.64. The van der Waals surface area contributed by atoms with Crippen LogP contribution in [0.5, 0.6) is 0 Å². The SMILES string of the molecule is O=C(S)N1CCC(CO)CC1. The van der Waals surface area contributed by atoms with Crippen molar-refractivity contribution in [1.82, 2.24) is 4.90 Å². The van der Waals surface area contributed by atoms with Gasteiger partial charge in [-0.1, -0.05) is 12.6 Å². The molecule has 1 aliphatic rings. The van der Waals surface area contributed by atoms with Gasteiger partial charge >= 0.3 is 0 Å². The predicted octanol–water partition coefficient (Wildman–Crippen LogP) is 0.740. The highest BCUT2D eigenvalue weighted by Crippen LogP contribution is 2.16. The van der Waals surface area contributed by atoms with Crippen LogP contribution in [0.25, 0.3) is 0 Å². The maximum absolute atomic E-state index is 10.7. The molecule has 1 N–H and O–H groups in total. The molecule has 0 aromatic heterocycles. The minimum Gasteiger partial charge on any atom is -0.396 e. The van der Waals surface area contributed by atoms with Gasteiger partial charge in [-0.2, -0.15) is 0 Å². The van der Waals surface area contributed by atoms with E-state index < -0.39 is 0 Å². The molecular weight excluding hydrogens is 162 g/mol. The molecule has 0 aromatic carbocycles. The second kappa shape index (κ2) is 3.97. The number of carbonyl (C=O) groups excluding carboxylic acids is 1. The number of amides is 1. The van der Waals surface area contributed by atoms with Crippen molar-refractivity contribution in [1.29, 1.82) is 0 Å². The normalized spacial score (nSPS) is 20.4. The Kier molecular flexibility index (Phi) is 3.20. The fourth-order valence-electron chi connectivity index (χ4n) is 1.31. The van der Waals surface area contributed by atoms with Gasteiger partial charge < -0.3 is 10.0 Å². The van der Waals surface area contributed by atoms with E-state index in [9.17, 15) is 4.79 Å². The summed E-state index contributed by atoms with van der Waals surface area (Å²) in [5.74, 6) is 0.388. The highest BCUT2D eigenvalue weighted by atomic mass is 32.1. The molecule has 0 spiro atoms. The number of nitrogens with zero attached hydrogens (tertiary/aromatic N) is 1. The average Bonchev–Trinajstić information content (AvgIpc) is 2.05. The highest BCUT2D eigenvalue weighted by Gasteiger charge is 2.19. The first kappa shape index (κ1) is 8.87. The van der Waals surface area contributed by atoms with Gasteiger partial charge in [0, 0.05) is 19.7 Å². The van der Waals surface area contributed by atoms with Crippen molar-refractivity contribution in [3.63, 3.8) is 0 Å².